The number of ether oxygens (including phenoxy) is 1. The molecular weight excluding hydrogens is 271 g/mol. The highest BCUT2D eigenvalue weighted by Gasteiger charge is 2.19. The molecule has 1 atom stereocenters. The minimum absolute atomic E-state index is 0.0813. The lowest BCUT2D eigenvalue weighted by Gasteiger charge is -2.24. The topological polar surface area (TPSA) is 55.6 Å². The molecule has 0 saturated carbocycles. The second-order valence-corrected chi connectivity index (χ2v) is 5.07. The van der Waals surface area contributed by atoms with Crippen LogP contribution in [0.1, 0.15) is 38.7 Å². The fraction of sp³-hybridized carbons (Fsp3) is 0.562. The SMILES string of the molecule is CCCCC(N)C(=O)N(CC)Cc1ccc(OC)c(F)c1. The van der Waals surface area contributed by atoms with Gasteiger partial charge in [0.25, 0.3) is 0 Å². The molecule has 0 aliphatic rings. The summed E-state index contributed by atoms with van der Waals surface area (Å²) in [6, 6.07) is 4.25. The minimum atomic E-state index is -0.479. The number of halogens is 1. The molecule has 4 nitrogen and oxygen atoms in total. The van der Waals surface area contributed by atoms with Crippen LogP contribution in [0.5, 0.6) is 5.75 Å². The van der Waals surface area contributed by atoms with E-state index in [1.54, 1.807) is 17.0 Å². The maximum absolute atomic E-state index is 13.7. The van der Waals surface area contributed by atoms with E-state index in [1.807, 2.05) is 6.92 Å². The molecular formula is C16H25FN2O2. The summed E-state index contributed by atoms with van der Waals surface area (Å²) in [7, 11) is 1.42. The quantitative estimate of drug-likeness (QED) is 0.802. The second-order valence-electron chi connectivity index (χ2n) is 5.07. The van der Waals surface area contributed by atoms with E-state index in [2.05, 4.69) is 6.92 Å². The third-order valence-corrected chi connectivity index (χ3v) is 3.47. The lowest BCUT2D eigenvalue weighted by atomic mass is 10.1. The van der Waals surface area contributed by atoms with Crippen molar-refractivity contribution >= 4 is 5.91 Å². The Morgan fingerprint density at radius 3 is 2.67 bits per heavy atom. The number of unbranched alkanes of at least 4 members (excludes halogenated alkanes) is 1. The number of amides is 1. The van der Waals surface area contributed by atoms with Crippen LogP contribution < -0.4 is 10.5 Å². The molecule has 0 heterocycles. The Morgan fingerprint density at radius 2 is 2.14 bits per heavy atom. The number of hydrogen-bond acceptors (Lipinski definition) is 3. The van der Waals surface area contributed by atoms with Gasteiger partial charge in [0.1, 0.15) is 0 Å². The highest BCUT2D eigenvalue weighted by molar-refractivity contribution is 5.81. The maximum atomic E-state index is 13.7. The molecule has 21 heavy (non-hydrogen) atoms. The van der Waals surface area contributed by atoms with E-state index >= 15 is 0 Å². The molecule has 0 radical (unpaired) electrons. The summed E-state index contributed by atoms with van der Waals surface area (Å²) in [5.41, 5.74) is 6.65. The molecule has 1 rings (SSSR count). The van der Waals surface area contributed by atoms with Gasteiger partial charge in [-0.3, -0.25) is 4.79 Å². The largest absolute Gasteiger partial charge is 0.494 e. The van der Waals surface area contributed by atoms with Crippen LogP contribution in [0, 0.1) is 5.82 Å². The molecule has 0 saturated heterocycles. The molecule has 0 aliphatic carbocycles. The summed E-state index contributed by atoms with van der Waals surface area (Å²) in [6.07, 6.45) is 2.63. The van der Waals surface area contributed by atoms with Crippen LogP contribution in [0.25, 0.3) is 0 Å². The third-order valence-electron chi connectivity index (χ3n) is 3.47. The van der Waals surface area contributed by atoms with Crippen molar-refractivity contribution in [2.45, 2.75) is 45.7 Å². The Morgan fingerprint density at radius 1 is 1.43 bits per heavy atom. The molecule has 1 aromatic carbocycles. The van der Waals surface area contributed by atoms with Crippen LogP contribution in [0.4, 0.5) is 4.39 Å². The summed E-state index contributed by atoms with van der Waals surface area (Å²) < 4.78 is 18.6. The fourth-order valence-corrected chi connectivity index (χ4v) is 2.16. The first kappa shape index (κ1) is 17.4. The van der Waals surface area contributed by atoms with Crippen molar-refractivity contribution in [1.29, 1.82) is 0 Å². The predicted molar refractivity (Wildman–Crippen MR) is 81.5 cm³/mol. The van der Waals surface area contributed by atoms with Gasteiger partial charge < -0.3 is 15.4 Å². The lowest BCUT2D eigenvalue weighted by molar-refractivity contribution is -0.133. The molecule has 1 aromatic rings. The number of carbonyl (C=O) groups is 1. The van der Waals surface area contributed by atoms with Crippen molar-refractivity contribution in [3.8, 4) is 5.75 Å². The number of methoxy groups -OCH3 is 1. The molecule has 1 amide bonds. The van der Waals surface area contributed by atoms with E-state index in [9.17, 15) is 9.18 Å². The molecule has 0 spiro atoms. The van der Waals surface area contributed by atoms with Crippen molar-refractivity contribution in [2.24, 2.45) is 5.73 Å². The Hall–Kier alpha value is -1.62. The van der Waals surface area contributed by atoms with Crippen LogP contribution in [0.3, 0.4) is 0 Å². The van der Waals surface area contributed by atoms with Crippen molar-refractivity contribution < 1.29 is 13.9 Å². The molecule has 0 bridgehead atoms. The third kappa shape index (κ3) is 5.01. The summed E-state index contributed by atoms with van der Waals surface area (Å²) >= 11 is 0. The van der Waals surface area contributed by atoms with Crippen molar-refractivity contribution in [3.63, 3.8) is 0 Å². The summed E-state index contributed by atoms with van der Waals surface area (Å²) in [5, 5.41) is 0. The number of benzene rings is 1. The van der Waals surface area contributed by atoms with Gasteiger partial charge in [0.05, 0.1) is 13.2 Å². The Balaban J connectivity index is 2.73. The van der Waals surface area contributed by atoms with Gasteiger partial charge in [0.2, 0.25) is 5.91 Å². The first-order valence-electron chi connectivity index (χ1n) is 7.40. The predicted octanol–water partition coefficient (Wildman–Crippen LogP) is 2.70. The van der Waals surface area contributed by atoms with E-state index in [4.69, 9.17) is 10.5 Å². The normalized spacial score (nSPS) is 12.0. The van der Waals surface area contributed by atoms with E-state index in [0.717, 1.165) is 18.4 Å². The first-order valence-corrected chi connectivity index (χ1v) is 7.40. The Bertz CT molecular complexity index is 466. The van der Waals surface area contributed by atoms with Crippen LogP contribution in [-0.4, -0.2) is 30.5 Å². The number of carbonyl (C=O) groups excluding carboxylic acids is 1. The number of likely N-dealkylation sites (N-methyl/N-ethyl adjacent to an activating group) is 1. The van der Waals surface area contributed by atoms with Gasteiger partial charge in [-0.25, -0.2) is 4.39 Å². The van der Waals surface area contributed by atoms with E-state index in [1.165, 1.54) is 13.2 Å². The van der Waals surface area contributed by atoms with Gasteiger partial charge in [-0.05, 0) is 31.0 Å². The molecule has 2 N–H and O–H groups in total. The standard InChI is InChI=1S/C16H25FN2O2/c1-4-6-7-14(18)16(20)19(5-2)11-12-8-9-15(21-3)13(17)10-12/h8-10,14H,4-7,11,18H2,1-3H3. The number of rotatable bonds is 8. The van der Waals surface area contributed by atoms with Gasteiger partial charge in [-0.15, -0.1) is 0 Å². The van der Waals surface area contributed by atoms with Gasteiger partial charge in [0, 0.05) is 13.1 Å². The molecule has 1 unspecified atom stereocenters. The van der Waals surface area contributed by atoms with Crippen molar-refractivity contribution in [1.82, 2.24) is 4.90 Å². The molecule has 118 valence electrons. The van der Waals surface area contributed by atoms with Crippen LogP contribution in [0.15, 0.2) is 18.2 Å². The number of nitrogens with two attached hydrogens (primary N) is 1. The van der Waals surface area contributed by atoms with Crippen LogP contribution in [-0.2, 0) is 11.3 Å². The average Bonchev–Trinajstić information content (AvgIpc) is 2.49. The zero-order valence-electron chi connectivity index (χ0n) is 13.1. The second kappa shape index (κ2) is 8.62. The van der Waals surface area contributed by atoms with Crippen LogP contribution >= 0.6 is 0 Å². The average molecular weight is 296 g/mol. The van der Waals surface area contributed by atoms with Gasteiger partial charge >= 0.3 is 0 Å². The Labute approximate surface area is 126 Å². The van der Waals surface area contributed by atoms with Crippen molar-refractivity contribution in [2.75, 3.05) is 13.7 Å². The fourth-order valence-electron chi connectivity index (χ4n) is 2.16. The highest BCUT2D eigenvalue weighted by Crippen LogP contribution is 2.19. The van der Waals surface area contributed by atoms with E-state index in [-0.39, 0.29) is 11.7 Å². The maximum Gasteiger partial charge on any atom is 0.239 e. The summed E-state index contributed by atoms with van der Waals surface area (Å²) in [4.78, 5) is 13.9. The van der Waals surface area contributed by atoms with Crippen molar-refractivity contribution in [3.05, 3.63) is 29.6 Å². The Kier molecular flexibility index (Phi) is 7.15. The lowest BCUT2D eigenvalue weighted by Crippen LogP contribution is -2.43. The van der Waals surface area contributed by atoms with Gasteiger partial charge in [-0.2, -0.15) is 0 Å². The van der Waals surface area contributed by atoms with Gasteiger partial charge in [-0.1, -0.05) is 25.8 Å². The monoisotopic (exact) mass is 296 g/mol. The van der Waals surface area contributed by atoms with Crippen LogP contribution in [0.2, 0.25) is 0 Å². The highest BCUT2D eigenvalue weighted by atomic mass is 19.1. The summed E-state index contributed by atoms with van der Waals surface area (Å²) in [6.45, 7) is 4.86. The minimum Gasteiger partial charge on any atom is -0.494 e. The van der Waals surface area contributed by atoms with E-state index in [0.29, 0.717) is 19.5 Å². The number of nitrogens with zero attached hydrogens (tertiary/aromatic N) is 1. The molecule has 5 heteroatoms. The molecule has 0 fully saturated rings. The van der Waals surface area contributed by atoms with Gasteiger partial charge in [0.15, 0.2) is 11.6 Å². The number of hydrogen-bond donors (Lipinski definition) is 1. The summed E-state index contributed by atoms with van der Waals surface area (Å²) in [5.74, 6) is -0.302. The zero-order chi connectivity index (χ0) is 15.8. The van der Waals surface area contributed by atoms with E-state index < -0.39 is 11.9 Å². The molecule has 0 aliphatic heterocycles. The molecule has 0 aromatic heterocycles. The zero-order valence-corrected chi connectivity index (χ0v) is 13.1. The smallest absolute Gasteiger partial charge is 0.239 e. The first-order chi connectivity index (χ1) is 10.0.